The van der Waals surface area contributed by atoms with E-state index in [0.717, 1.165) is 5.69 Å². The van der Waals surface area contributed by atoms with Gasteiger partial charge in [-0.05, 0) is 12.8 Å². The molecule has 0 bridgehead atoms. The lowest BCUT2D eigenvalue weighted by atomic mass is 10.3. The van der Waals surface area contributed by atoms with E-state index in [9.17, 15) is 4.79 Å². The largest absolute Gasteiger partial charge is 0.481 e. The van der Waals surface area contributed by atoms with Crippen molar-refractivity contribution < 1.29 is 9.90 Å². The normalized spacial score (nSPS) is 8.69. The van der Waals surface area contributed by atoms with Gasteiger partial charge < -0.3 is 5.11 Å². The van der Waals surface area contributed by atoms with Crippen LogP contribution in [0.25, 0.3) is 0 Å². The molecule has 1 aromatic rings. The minimum Gasteiger partial charge on any atom is -0.481 e. The minimum absolute atomic E-state index is 0.171. The summed E-state index contributed by atoms with van der Waals surface area (Å²) in [5.74, 6) is 4.15. The molecule has 0 atom stereocenters. The first-order chi connectivity index (χ1) is 6.18. The van der Waals surface area contributed by atoms with Crippen molar-refractivity contribution in [2.45, 2.75) is 13.3 Å². The summed E-state index contributed by atoms with van der Waals surface area (Å²) in [4.78, 5) is 18.0. The van der Waals surface area contributed by atoms with Crippen molar-refractivity contribution in [3.05, 3.63) is 23.8 Å². The molecule has 4 nitrogen and oxygen atoms in total. The number of carbonyl (C=O) groups is 1. The number of rotatable bonds is 1. The third-order valence-corrected chi connectivity index (χ3v) is 1.21. The van der Waals surface area contributed by atoms with E-state index in [0.29, 0.717) is 5.69 Å². The van der Waals surface area contributed by atoms with Gasteiger partial charge in [0, 0.05) is 6.20 Å². The molecule has 13 heavy (non-hydrogen) atoms. The summed E-state index contributed by atoms with van der Waals surface area (Å²) in [5.41, 5.74) is 1.27. The number of hydrogen-bond acceptors (Lipinski definition) is 3. The first-order valence-electron chi connectivity index (χ1n) is 3.68. The van der Waals surface area contributed by atoms with Gasteiger partial charge in [-0.3, -0.25) is 9.78 Å². The smallest absolute Gasteiger partial charge is 0.315 e. The first-order valence-corrected chi connectivity index (χ1v) is 3.68. The van der Waals surface area contributed by atoms with Crippen LogP contribution in [0.4, 0.5) is 0 Å². The van der Waals surface area contributed by atoms with Crippen LogP contribution in [-0.4, -0.2) is 21.0 Å². The predicted octanol–water partition coefficient (Wildman–Crippen LogP) is 0.611. The van der Waals surface area contributed by atoms with Crippen molar-refractivity contribution in [3.63, 3.8) is 0 Å². The Labute approximate surface area is 75.7 Å². The number of carboxylic acid groups (broad SMARTS) is 1. The molecule has 0 spiro atoms. The average Bonchev–Trinajstić information content (AvgIpc) is 2.03. The van der Waals surface area contributed by atoms with E-state index >= 15 is 0 Å². The van der Waals surface area contributed by atoms with Crippen LogP contribution in [0, 0.1) is 18.8 Å². The van der Waals surface area contributed by atoms with Crippen LogP contribution >= 0.6 is 0 Å². The Hall–Kier alpha value is -1.89. The standard InChI is InChI=1S/C9H8N2O2/c1-7-5-10-6-8(11-7)3-2-4-9(12)13/h5-6H,4H2,1H3,(H,12,13). The Balaban J connectivity index is 2.72. The van der Waals surface area contributed by atoms with E-state index in [2.05, 4.69) is 21.8 Å². The summed E-state index contributed by atoms with van der Waals surface area (Å²) >= 11 is 0. The fourth-order valence-electron chi connectivity index (χ4n) is 0.734. The monoisotopic (exact) mass is 176 g/mol. The first kappa shape index (κ1) is 9.20. The summed E-state index contributed by atoms with van der Waals surface area (Å²) in [6.45, 7) is 1.80. The zero-order valence-electron chi connectivity index (χ0n) is 7.11. The van der Waals surface area contributed by atoms with Gasteiger partial charge in [-0.2, -0.15) is 0 Å². The highest BCUT2D eigenvalue weighted by Gasteiger charge is 1.91. The molecule has 1 heterocycles. The molecule has 0 aliphatic carbocycles. The van der Waals surface area contributed by atoms with Crippen LogP contribution in [0.15, 0.2) is 12.4 Å². The summed E-state index contributed by atoms with van der Waals surface area (Å²) < 4.78 is 0. The molecular weight excluding hydrogens is 168 g/mol. The van der Waals surface area contributed by atoms with Gasteiger partial charge in [0.25, 0.3) is 0 Å². The second-order valence-electron chi connectivity index (χ2n) is 2.42. The lowest BCUT2D eigenvalue weighted by Crippen LogP contribution is -1.91. The van der Waals surface area contributed by atoms with Crippen LogP contribution in [0.1, 0.15) is 17.8 Å². The maximum absolute atomic E-state index is 10.1. The second kappa shape index (κ2) is 4.21. The molecule has 0 unspecified atom stereocenters. The molecule has 66 valence electrons. The number of nitrogens with zero attached hydrogens (tertiary/aromatic N) is 2. The maximum Gasteiger partial charge on any atom is 0.315 e. The quantitative estimate of drug-likeness (QED) is 0.637. The van der Waals surface area contributed by atoms with E-state index in [1.165, 1.54) is 6.20 Å². The zero-order valence-corrected chi connectivity index (χ0v) is 7.11. The molecule has 1 rings (SSSR count). The van der Waals surface area contributed by atoms with Gasteiger partial charge in [-0.15, -0.1) is 0 Å². The molecule has 1 aromatic heterocycles. The van der Waals surface area contributed by atoms with E-state index in [1.54, 1.807) is 13.1 Å². The Morgan fingerprint density at radius 1 is 1.62 bits per heavy atom. The highest BCUT2D eigenvalue weighted by atomic mass is 16.4. The summed E-state index contributed by atoms with van der Waals surface area (Å²) in [7, 11) is 0. The molecule has 0 saturated heterocycles. The van der Waals surface area contributed by atoms with E-state index in [4.69, 9.17) is 5.11 Å². The van der Waals surface area contributed by atoms with Gasteiger partial charge >= 0.3 is 5.97 Å². The fraction of sp³-hybridized carbons (Fsp3) is 0.222. The molecular formula is C9H8N2O2. The van der Waals surface area contributed by atoms with Gasteiger partial charge in [-0.25, -0.2) is 4.98 Å². The van der Waals surface area contributed by atoms with Gasteiger partial charge in [0.2, 0.25) is 0 Å². The van der Waals surface area contributed by atoms with E-state index in [-0.39, 0.29) is 6.42 Å². The van der Waals surface area contributed by atoms with Crippen molar-refractivity contribution in [2.75, 3.05) is 0 Å². The third-order valence-electron chi connectivity index (χ3n) is 1.21. The minimum atomic E-state index is -0.937. The number of aromatic nitrogens is 2. The zero-order chi connectivity index (χ0) is 9.68. The molecule has 0 radical (unpaired) electrons. The third kappa shape index (κ3) is 3.34. The number of hydrogen-bond donors (Lipinski definition) is 1. The molecule has 0 aromatic carbocycles. The highest BCUT2D eigenvalue weighted by molar-refractivity contribution is 5.70. The Bertz CT molecular complexity index is 377. The van der Waals surface area contributed by atoms with Crippen LogP contribution in [0.5, 0.6) is 0 Å². The Morgan fingerprint density at radius 3 is 3.00 bits per heavy atom. The van der Waals surface area contributed by atoms with Gasteiger partial charge in [0.1, 0.15) is 12.1 Å². The number of aliphatic carboxylic acids is 1. The predicted molar refractivity (Wildman–Crippen MR) is 45.9 cm³/mol. The summed E-state index contributed by atoms with van der Waals surface area (Å²) in [5, 5.41) is 8.31. The van der Waals surface area contributed by atoms with Crippen LogP contribution < -0.4 is 0 Å². The lowest BCUT2D eigenvalue weighted by molar-refractivity contribution is -0.135. The molecule has 0 aliphatic rings. The summed E-state index contributed by atoms with van der Waals surface area (Å²) in [6, 6.07) is 0. The lowest BCUT2D eigenvalue weighted by Gasteiger charge is -1.90. The molecule has 0 amide bonds. The van der Waals surface area contributed by atoms with Gasteiger partial charge in [0.05, 0.1) is 11.9 Å². The molecule has 4 heteroatoms. The summed E-state index contributed by atoms with van der Waals surface area (Å²) in [6.07, 6.45) is 2.94. The van der Waals surface area contributed by atoms with Crippen molar-refractivity contribution >= 4 is 5.97 Å². The maximum atomic E-state index is 10.1. The average molecular weight is 176 g/mol. The highest BCUT2D eigenvalue weighted by Crippen LogP contribution is 1.91. The van der Waals surface area contributed by atoms with Crippen molar-refractivity contribution in [2.24, 2.45) is 0 Å². The van der Waals surface area contributed by atoms with Crippen LogP contribution in [-0.2, 0) is 4.79 Å². The number of aryl methyl sites for hydroxylation is 1. The van der Waals surface area contributed by atoms with Gasteiger partial charge in [0.15, 0.2) is 0 Å². The number of carboxylic acids is 1. The Kier molecular flexibility index (Phi) is 2.98. The van der Waals surface area contributed by atoms with Crippen molar-refractivity contribution in [1.29, 1.82) is 0 Å². The molecule has 0 aliphatic heterocycles. The van der Waals surface area contributed by atoms with E-state index < -0.39 is 5.97 Å². The second-order valence-corrected chi connectivity index (χ2v) is 2.42. The topological polar surface area (TPSA) is 63.1 Å². The van der Waals surface area contributed by atoms with Crippen molar-refractivity contribution in [1.82, 2.24) is 9.97 Å². The SMILES string of the molecule is Cc1cncc(C#CCC(=O)O)n1. The van der Waals surface area contributed by atoms with Crippen LogP contribution in [0.3, 0.4) is 0 Å². The molecule has 1 N–H and O–H groups in total. The van der Waals surface area contributed by atoms with Crippen molar-refractivity contribution in [3.8, 4) is 11.8 Å². The molecule has 0 saturated carbocycles. The van der Waals surface area contributed by atoms with Crippen LogP contribution in [0.2, 0.25) is 0 Å². The van der Waals surface area contributed by atoms with E-state index in [1.807, 2.05) is 0 Å². The van der Waals surface area contributed by atoms with Gasteiger partial charge in [-0.1, -0.05) is 5.92 Å². The fourth-order valence-corrected chi connectivity index (χ4v) is 0.734. The Morgan fingerprint density at radius 2 is 2.38 bits per heavy atom. The molecule has 0 fully saturated rings.